The quantitative estimate of drug-likeness (QED) is 0.774. The van der Waals surface area contributed by atoms with Gasteiger partial charge in [-0.3, -0.25) is 9.59 Å². The number of nitrogens with zero attached hydrogens (tertiary/aromatic N) is 1. The number of Topliss-reactive ketones (excluding diaryl/α,β-unsaturated/α-hetero) is 1. The van der Waals surface area contributed by atoms with Gasteiger partial charge in [0.05, 0.1) is 12.2 Å². The predicted molar refractivity (Wildman–Crippen MR) is 98.9 cm³/mol. The smallest absolute Gasteiger partial charge is 0.340 e. The Kier molecular flexibility index (Phi) is 5.07. The SMILES string of the molecule is CCOC(=O)c1cc(Cc2ccc(C(C)C)cc2)c(=O)n2c1C(=O)CC2. The minimum absolute atomic E-state index is 0.182. The number of ether oxygens (including phenoxy) is 1. The minimum atomic E-state index is -0.553. The number of fused-ring (bicyclic) bond motifs is 1. The van der Waals surface area contributed by atoms with Crippen LogP contribution in [0.1, 0.15) is 70.6 Å². The molecule has 0 saturated heterocycles. The van der Waals surface area contributed by atoms with E-state index in [4.69, 9.17) is 4.74 Å². The average Bonchev–Trinajstić information content (AvgIpc) is 3.00. The van der Waals surface area contributed by atoms with Gasteiger partial charge in [0.25, 0.3) is 5.56 Å². The molecule has 0 spiro atoms. The molecule has 0 fully saturated rings. The Morgan fingerprint density at radius 3 is 2.50 bits per heavy atom. The molecule has 1 aliphatic heterocycles. The molecule has 0 amide bonds. The highest BCUT2D eigenvalue weighted by molar-refractivity contribution is 6.06. The molecule has 5 heteroatoms. The number of carbonyl (C=O) groups excluding carboxylic acids is 2. The molecule has 2 heterocycles. The molecule has 0 N–H and O–H groups in total. The standard InChI is InChI=1S/C21H23NO4/c1-4-26-21(25)17-12-16(20(24)22-10-9-18(23)19(17)22)11-14-5-7-15(8-6-14)13(2)3/h5-8,12-13H,4,9-11H2,1-3H3. The number of pyridine rings is 1. The number of aromatic nitrogens is 1. The summed E-state index contributed by atoms with van der Waals surface area (Å²) >= 11 is 0. The highest BCUT2D eigenvalue weighted by atomic mass is 16.5. The fourth-order valence-electron chi connectivity index (χ4n) is 3.30. The van der Waals surface area contributed by atoms with E-state index in [1.54, 1.807) is 6.92 Å². The van der Waals surface area contributed by atoms with Gasteiger partial charge in [0, 0.05) is 24.9 Å². The van der Waals surface area contributed by atoms with Gasteiger partial charge in [-0.15, -0.1) is 0 Å². The van der Waals surface area contributed by atoms with Crippen molar-refractivity contribution in [3.63, 3.8) is 0 Å². The van der Waals surface area contributed by atoms with Crippen molar-refractivity contribution < 1.29 is 14.3 Å². The van der Waals surface area contributed by atoms with E-state index in [1.807, 2.05) is 12.1 Å². The largest absolute Gasteiger partial charge is 0.462 e. The van der Waals surface area contributed by atoms with Crippen molar-refractivity contribution in [1.29, 1.82) is 0 Å². The molecule has 1 aliphatic rings. The molecule has 1 aromatic heterocycles. The lowest BCUT2D eigenvalue weighted by Crippen LogP contribution is -2.27. The maximum Gasteiger partial charge on any atom is 0.340 e. The van der Waals surface area contributed by atoms with E-state index in [9.17, 15) is 14.4 Å². The van der Waals surface area contributed by atoms with Crippen LogP contribution in [0, 0.1) is 0 Å². The van der Waals surface area contributed by atoms with Gasteiger partial charge in [-0.1, -0.05) is 38.1 Å². The van der Waals surface area contributed by atoms with E-state index in [2.05, 4.69) is 26.0 Å². The monoisotopic (exact) mass is 353 g/mol. The first-order chi connectivity index (χ1) is 12.4. The van der Waals surface area contributed by atoms with E-state index in [0.717, 1.165) is 5.56 Å². The summed E-state index contributed by atoms with van der Waals surface area (Å²) in [6, 6.07) is 9.65. The number of hydrogen-bond donors (Lipinski definition) is 0. The Hall–Kier alpha value is -2.69. The molecule has 3 rings (SSSR count). The first-order valence-electron chi connectivity index (χ1n) is 8.98. The van der Waals surface area contributed by atoms with Gasteiger partial charge in [0.15, 0.2) is 5.78 Å². The van der Waals surface area contributed by atoms with Gasteiger partial charge in [-0.05, 0) is 30.0 Å². The van der Waals surface area contributed by atoms with Crippen LogP contribution in [-0.4, -0.2) is 22.9 Å². The zero-order valence-corrected chi connectivity index (χ0v) is 15.4. The Balaban J connectivity index is 2.02. The zero-order valence-electron chi connectivity index (χ0n) is 15.4. The van der Waals surface area contributed by atoms with Crippen LogP contribution >= 0.6 is 0 Å². The summed E-state index contributed by atoms with van der Waals surface area (Å²) in [5.74, 6) is -0.294. The number of rotatable bonds is 5. The third-order valence-corrected chi connectivity index (χ3v) is 4.73. The van der Waals surface area contributed by atoms with Gasteiger partial charge in [-0.25, -0.2) is 4.79 Å². The van der Waals surface area contributed by atoms with Gasteiger partial charge in [0.2, 0.25) is 0 Å². The molecule has 1 aromatic carbocycles. The second-order valence-corrected chi connectivity index (χ2v) is 6.86. The summed E-state index contributed by atoms with van der Waals surface area (Å²) in [6.07, 6.45) is 0.659. The van der Waals surface area contributed by atoms with Crippen molar-refractivity contribution in [2.45, 2.75) is 46.1 Å². The molecule has 0 aliphatic carbocycles. The van der Waals surface area contributed by atoms with Gasteiger partial charge >= 0.3 is 5.97 Å². The summed E-state index contributed by atoms with van der Waals surface area (Å²) in [5.41, 5.74) is 2.91. The second-order valence-electron chi connectivity index (χ2n) is 6.86. The van der Waals surface area contributed by atoms with Crippen molar-refractivity contribution in [2.75, 3.05) is 6.61 Å². The molecule has 0 radical (unpaired) electrons. The van der Waals surface area contributed by atoms with Gasteiger partial charge in [0.1, 0.15) is 5.69 Å². The van der Waals surface area contributed by atoms with Crippen molar-refractivity contribution in [1.82, 2.24) is 4.57 Å². The molecule has 0 bridgehead atoms. The van der Waals surface area contributed by atoms with Crippen molar-refractivity contribution in [3.05, 3.63) is 68.6 Å². The number of esters is 1. The van der Waals surface area contributed by atoms with Crippen LogP contribution in [0.2, 0.25) is 0 Å². The molecule has 5 nitrogen and oxygen atoms in total. The van der Waals surface area contributed by atoms with Crippen LogP contribution < -0.4 is 5.56 Å². The van der Waals surface area contributed by atoms with Crippen LogP contribution in [0.3, 0.4) is 0 Å². The Morgan fingerprint density at radius 1 is 1.19 bits per heavy atom. The fraction of sp³-hybridized carbons (Fsp3) is 0.381. The molecule has 136 valence electrons. The van der Waals surface area contributed by atoms with Crippen molar-refractivity contribution >= 4 is 11.8 Å². The Bertz CT molecular complexity index is 907. The van der Waals surface area contributed by atoms with Gasteiger partial charge in [-0.2, -0.15) is 0 Å². The summed E-state index contributed by atoms with van der Waals surface area (Å²) in [7, 11) is 0. The third kappa shape index (κ3) is 3.34. The Labute approximate surface area is 152 Å². The number of carbonyl (C=O) groups is 2. The lowest BCUT2D eigenvalue weighted by molar-refractivity contribution is 0.0522. The average molecular weight is 353 g/mol. The van der Waals surface area contributed by atoms with Crippen LogP contribution in [0.5, 0.6) is 0 Å². The second kappa shape index (κ2) is 7.28. The highest BCUT2D eigenvalue weighted by Crippen LogP contribution is 2.21. The lowest BCUT2D eigenvalue weighted by atomic mass is 9.98. The first kappa shape index (κ1) is 18.1. The third-order valence-electron chi connectivity index (χ3n) is 4.73. The van der Waals surface area contributed by atoms with E-state index in [1.165, 1.54) is 16.2 Å². The summed E-state index contributed by atoms with van der Waals surface area (Å²) in [4.78, 5) is 37.2. The molecular weight excluding hydrogens is 330 g/mol. The minimum Gasteiger partial charge on any atom is -0.462 e. The van der Waals surface area contributed by atoms with E-state index < -0.39 is 5.97 Å². The lowest BCUT2D eigenvalue weighted by Gasteiger charge is -2.12. The number of hydrogen-bond acceptors (Lipinski definition) is 4. The van der Waals surface area contributed by atoms with Crippen LogP contribution in [0.15, 0.2) is 35.1 Å². The normalized spacial score (nSPS) is 13.2. The summed E-state index contributed by atoms with van der Waals surface area (Å²) in [5, 5.41) is 0. The Morgan fingerprint density at radius 2 is 1.88 bits per heavy atom. The van der Waals surface area contributed by atoms with Crippen LogP contribution in [0.4, 0.5) is 0 Å². The molecule has 0 atom stereocenters. The van der Waals surface area contributed by atoms with Crippen LogP contribution in [-0.2, 0) is 17.7 Å². The van der Waals surface area contributed by atoms with Crippen molar-refractivity contribution in [2.24, 2.45) is 0 Å². The van der Waals surface area contributed by atoms with Gasteiger partial charge < -0.3 is 9.30 Å². The topological polar surface area (TPSA) is 65.4 Å². The fourth-order valence-corrected chi connectivity index (χ4v) is 3.30. The predicted octanol–water partition coefficient (Wildman–Crippen LogP) is 3.33. The van der Waals surface area contributed by atoms with Crippen LogP contribution in [0.25, 0.3) is 0 Å². The maximum atomic E-state index is 12.8. The maximum absolute atomic E-state index is 12.8. The summed E-state index contributed by atoms with van der Waals surface area (Å²) in [6.45, 7) is 6.51. The number of benzene rings is 1. The molecule has 0 saturated carbocycles. The zero-order chi connectivity index (χ0) is 18.8. The first-order valence-corrected chi connectivity index (χ1v) is 8.98. The van der Waals surface area contributed by atoms with E-state index in [0.29, 0.717) is 24.4 Å². The van der Waals surface area contributed by atoms with E-state index >= 15 is 0 Å². The summed E-state index contributed by atoms with van der Waals surface area (Å²) < 4.78 is 6.51. The molecule has 0 unspecified atom stereocenters. The number of ketones is 1. The highest BCUT2D eigenvalue weighted by Gasteiger charge is 2.29. The van der Waals surface area contributed by atoms with Crippen molar-refractivity contribution in [3.8, 4) is 0 Å². The molecular formula is C21H23NO4. The molecule has 26 heavy (non-hydrogen) atoms. The molecule has 2 aromatic rings. The van der Waals surface area contributed by atoms with E-state index in [-0.39, 0.29) is 35.6 Å².